The minimum absolute atomic E-state index is 0.118. The molecule has 2 aromatic heterocycles. The molecule has 67 heavy (non-hydrogen) atoms. The molecule has 0 saturated carbocycles. The number of amides is 3. The van der Waals surface area contributed by atoms with Gasteiger partial charge < -0.3 is 48.8 Å². The van der Waals surface area contributed by atoms with Gasteiger partial charge in [0.1, 0.15) is 36.9 Å². The number of imidazole rings is 2. The van der Waals surface area contributed by atoms with E-state index in [0.717, 1.165) is 96.6 Å². The van der Waals surface area contributed by atoms with Crippen molar-refractivity contribution in [2.75, 3.05) is 73.9 Å². The van der Waals surface area contributed by atoms with Crippen LogP contribution in [0.1, 0.15) is 87.7 Å². The van der Waals surface area contributed by atoms with Crippen molar-refractivity contribution in [3.63, 3.8) is 0 Å². The normalized spacial score (nSPS) is 18.4. The van der Waals surface area contributed by atoms with Gasteiger partial charge in [0.05, 0.1) is 56.2 Å². The topological polar surface area (TPSA) is 176 Å². The summed E-state index contributed by atoms with van der Waals surface area (Å²) in [5, 5.41) is 2.71. The Kier molecular flexibility index (Phi) is 15.6. The van der Waals surface area contributed by atoms with E-state index in [9.17, 15) is 14.4 Å². The minimum atomic E-state index is -0.715. The van der Waals surface area contributed by atoms with Crippen molar-refractivity contribution in [3.05, 3.63) is 96.3 Å². The van der Waals surface area contributed by atoms with E-state index >= 15 is 0 Å². The van der Waals surface area contributed by atoms with Crippen molar-refractivity contribution in [2.24, 2.45) is 5.92 Å². The first-order valence-electron chi connectivity index (χ1n) is 23.6. The Bertz CT molecular complexity index is 2430. The van der Waals surface area contributed by atoms with E-state index in [1.807, 2.05) is 79.5 Å². The third-order valence-corrected chi connectivity index (χ3v) is 13.1. The van der Waals surface area contributed by atoms with Gasteiger partial charge in [-0.15, -0.1) is 0 Å². The van der Waals surface area contributed by atoms with Gasteiger partial charge in [-0.25, -0.2) is 14.8 Å². The van der Waals surface area contributed by atoms with Crippen molar-refractivity contribution >= 4 is 17.9 Å². The highest BCUT2D eigenvalue weighted by atomic mass is 16.6. The van der Waals surface area contributed by atoms with Gasteiger partial charge >= 0.3 is 6.09 Å². The molecule has 0 spiro atoms. The fourth-order valence-electron chi connectivity index (χ4n) is 9.68. The zero-order valence-electron chi connectivity index (χ0n) is 39.3. The number of carbonyl (C=O) groups excluding carboxylic acids is 3. The zero-order valence-corrected chi connectivity index (χ0v) is 39.3. The number of benzene rings is 3. The van der Waals surface area contributed by atoms with Crippen LogP contribution in [0.15, 0.2) is 79.1 Å². The number of likely N-dealkylation sites (tertiary alicyclic amines) is 3. The number of hydrogen-bond acceptors (Lipinski definition) is 11. The number of ether oxygens (including phenoxy) is 5. The van der Waals surface area contributed by atoms with Crippen LogP contribution in [0.3, 0.4) is 0 Å². The summed E-state index contributed by atoms with van der Waals surface area (Å²) in [6, 6.07) is 20.8. The van der Waals surface area contributed by atoms with E-state index in [2.05, 4.69) is 32.3 Å². The van der Waals surface area contributed by atoms with E-state index in [1.54, 1.807) is 25.3 Å². The summed E-state index contributed by atoms with van der Waals surface area (Å²) in [6.07, 6.45) is 8.44. The van der Waals surface area contributed by atoms with Gasteiger partial charge in [-0.2, -0.15) is 0 Å². The molecule has 356 valence electrons. The van der Waals surface area contributed by atoms with Gasteiger partial charge in [0.25, 0.3) is 0 Å². The molecule has 16 nitrogen and oxygen atoms in total. The van der Waals surface area contributed by atoms with Crippen molar-refractivity contribution < 1.29 is 38.1 Å². The smallest absolute Gasteiger partial charge is 0.407 e. The average Bonchev–Trinajstić information content (AvgIpc) is 4.21. The van der Waals surface area contributed by atoms with Crippen LogP contribution >= 0.6 is 0 Å². The standard InChI is InChI=1S/C51H64N8O8/c1-33(2)43(56-51(62)65-5)49(60)58-25-11-15-41(58)47-52-31-39(54-47)35-19-17-34(18-20-35)37-21-22-38(46(67-30-28-64-4)45(37)66-29-27-63-3)40-32-53-48(55-40)42-16-12-26-59(42)50(61)44(57-23-9-10-24-57)36-13-7-6-8-14-36/h6-8,13-14,17-22,31-33,41-44H,9-12,15-16,23-30H2,1-5H3,(H,52,54)(H,53,55)(H,56,62)/t41-,42-,43-,44+/m0/s1. The Morgan fingerprint density at radius 2 is 1.21 bits per heavy atom. The summed E-state index contributed by atoms with van der Waals surface area (Å²) in [5.74, 6) is 2.36. The van der Waals surface area contributed by atoms with Crippen LogP contribution in [-0.4, -0.2) is 133 Å². The maximum absolute atomic E-state index is 14.6. The molecular weight excluding hydrogens is 853 g/mol. The average molecular weight is 917 g/mol. The van der Waals surface area contributed by atoms with Crippen LogP contribution in [-0.2, 0) is 23.8 Å². The summed E-state index contributed by atoms with van der Waals surface area (Å²) in [5.41, 5.74) is 6.00. The van der Waals surface area contributed by atoms with Gasteiger partial charge in [-0.05, 0) is 86.4 Å². The quantitative estimate of drug-likeness (QED) is 0.0692. The predicted molar refractivity (Wildman–Crippen MR) is 253 cm³/mol. The Hall–Kier alpha value is -6.23. The van der Waals surface area contributed by atoms with Crippen molar-refractivity contribution in [3.8, 4) is 45.1 Å². The molecule has 0 unspecified atom stereocenters. The summed E-state index contributed by atoms with van der Waals surface area (Å²) in [7, 11) is 4.57. The van der Waals surface area contributed by atoms with Gasteiger partial charge in [0.15, 0.2) is 11.5 Å². The molecule has 0 bridgehead atoms. The molecule has 3 aliphatic heterocycles. The first-order valence-corrected chi connectivity index (χ1v) is 23.6. The molecule has 3 aromatic carbocycles. The Balaban J connectivity index is 1.06. The number of methoxy groups -OCH3 is 3. The van der Waals surface area contributed by atoms with E-state index in [0.29, 0.717) is 43.6 Å². The van der Waals surface area contributed by atoms with Crippen LogP contribution < -0.4 is 14.8 Å². The van der Waals surface area contributed by atoms with Gasteiger partial charge in [0.2, 0.25) is 11.8 Å². The first-order chi connectivity index (χ1) is 32.7. The lowest BCUT2D eigenvalue weighted by atomic mass is 9.98. The molecule has 5 aromatic rings. The number of H-pyrrole nitrogens is 2. The Labute approximate surface area is 392 Å². The number of hydrogen-bond donors (Lipinski definition) is 3. The summed E-state index contributed by atoms with van der Waals surface area (Å²) >= 11 is 0. The monoisotopic (exact) mass is 916 g/mol. The van der Waals surface area contributed by atoms with Gasteiger partial charge in [-0.1, -0.05) is 68.4 Å². The number of nitrogens with one attached hydrogen (secondary N) is 3. The molecule has 3 saturated heterocycles. The van der Waals surface area contributed by atoms with Crippen LogP contribution in [0.25, 0.3) is 33.6 Å². The number of aromatic amines is 2. The second-order valence-corrected chi connectivity index (χ2v) is 17.7. The molecule has 3 fully saturated rings. The molecule has 3 N–H and O–H groups in total. The molecule has 0 radical (unpaired) electrons. The summed E-state index contributed by atoms with van der Waals surface area (Å²) < 4.78 is 28.7. The largest absolute Gasteiger partial charge is 0.487 e. The molecule has 3 aliphatic rings. The number of aromatic nitrogens is 4. The number of alkyl carbamates (subject to hydrolysis) is 1. The van der Waals surface area contributed by atoms with Gasteiger partial charge in [0, 0.05) is 38.4 Å². The van der Waals surface area contributed by atoms with E-state index in [-0.39, 0.29) is 49.1 Å². The fraction of sp³-hybridized carbons (Fsp3) is 0.471. The molecular formula is C51H64N8O8. The van der Waals surface area contributed by atoms with Crippen molar-refractivity contribution in [1.29, 1.82) is 0 Å². The summed E-state index contributed by atoms with van der Waals surface area (Å²) in [4.78, 5) is 63.3. The fourth-order valence-corrected chi connectivity index (χ4v) is 9.68. The van der Waals surface area contributed by atoms with E-state index in [1.165, 1.54) is 7.11 Å². The predicted octanol–water partition coefficient (Wildman–Crippen LogP) is 7.73. The highest BCUT2D eigenvalue weighted by Gasteiger charge is 2.40. The number of rotatable bonds is 19. The lowest BCUT2D eigenvalue weighted by molar-refractivity contribution is -0.138. The van der Waals surface area contributed by atoms with Crippen LogP contribution in [0, 0.1) is 5.92 Å². The highest BCUT2D eigenvalue weighted by Crippen LogP contribution is 2.46. The Morgan fingerprint density at radius 1 is 0.657 bits per heavy atom. The molecule has 5 heterocycles. The number of nitrogens with zero attached hydrogens (tertiary/aromatic N) is 5. The third kappa shape index (κ3) is 10.5. The molecule has 0 aliphatic carbocycles. The minimum Gasteiger partial charge on any atom is -0.487 e. The second-order valence-electron chi connectivity index (χ2n) is 17.7. The van der Waals surface area contributed by atoms with Crippen LogP contribution in [0.4, 0.5) is 4.79 Å². The summed E-state index contributed by atoms with van der Waals surface area (Å²) in [6.45, 7) is 8.16. The van der Waals surface area contributed by atoms with E-state index in [4.69, 9.17) is 33.7 Å². The van der Waals surface area contributed by atoms with Gasteiger partial charge in [-0.3, -0.25) is 14.5 Å². The highest BCUT2D eigenvalue weighted by molar-refractivity contribution is 5.87. The molecule has 4 atom stereocenters. The molecule has 3 amide bonds. The lowest BCUT2D eigenvalue weighted by Gasteiger charge is -2.33. The van der Waals surface area contributed by atoms with Crippen molar-refractivity contribution in [2.45, 2.75) is 76.5 Å². The molecule has 8 rings (SSSR count). The maximum Gasteiger partial charge on any atom is 0.407 e. The molecule has 16 heteroatoms. The van der Waals surface area contributed by atoms with Crippen LogP contribution in [0.5, 0.6) is 11.5 Å². The first kappa shape index (κ1) is 47.3. The second kappa shape index (κ2) is 22.0. The van der Waals surface area contributed by atoms with E-state index < -0.39 is 12.1 Å². The lowest BCUT2D eigenvalue weighted by Crippen LogP contribution is -2.51. The third-order valence-electron chi connectivity index (χ3n) is 13.1. The SMILES string of the molecule is COCCOc1c(-c2ccc(-c3cnc([C@@H]4CCCN4C(=O)[C@@H](NC(=O)OC)C(C)C)[nH]3)cc2)ccc(-c2cnc([C@@H]3CCCN3C(=O)[C@@H](c3ccccc3)N3CCCC3)[nH]2)c1OCCOC. The van der Waals surface area contributed by atoms with Crippen LogP contribution in [0.2, 0.25) is 0 Å². The Morgan fingerprint density at radius 3 is 1.81 bits per heavy atom. The zero-order chi connectivity index (χ0) is 46.9. The maximum atomic E-state index is 14.6. The van der Waals surface area contributed by atoms with Crippen molar-refractivity contribution in [1.82, 2.24) is 40.0 Å². The number of carbonyl (C=O) groups is 3.